The summed E-state index contributed by atoms with van der Waals surface area (Å²) in [5, 5.41) is 14.5. The van der Waals surface area contributed by atoms with Crippen molar-refractivity contribution in [1.29, 1.82) is 5.26 Å². The van der Waals surface area contributed by atoms with Crippen molar-refractivity contribution in [2.24, 2.45) is 9.50 Å². The number of halogens is 1. The largest absolute Gasteiger partial charge is 0.285 e. The number of hydrogen-bond acceptors (Lipinski definition) is 5. The highest BCUT2D eigenvalue weighted by molar-refractivity contribution is 7.90. The lowest BCUT2D eigenvalue weighted by Gasteiger charge is -2.17. The van der Waals surface area contributed by atoms with Crippen molar-refractivity contribution < 1.29 is 12.8 Å². The van der Waals surface area contributed by atoms with Gasteiger partial charge in [0.15, 0.2) is 5.84 Å². The maximum atomic E-state index is 13.0. The zero-order valence-electron chi connectivity index (χ0n) is 13.0. The number of nitrogens with zero attached hydrogens (tertiary/aromatic N) is 4. The summed E-state index contributed by atoms with van der Waals surface area (Å²) in [5.74, 6) is -0.192. The lowest BCUT2D eigenvalue weighted by Crippen LogP contribution is -2.27. The number of amidine groups is 1. The third-order valence-electron chi connectivity index (χ3n) is 3.51. The van der Waals surface area contributed by atoms with Gasteiger partial charge < -0.3 is 0 Å². The van der Waals surface area contributed by atoms with Crippen LogP contribution in [0.4, 0.5) is 4.39 Å². The molecule has 1 aliphatic rings. The van der Waals surface area contributed by atoms with Crippen LogP contribution in [0.1, 0.15) is 17.5 Å². The van der Waals surface area contributed by atoms with Crippen LogP contribution in [-0.4, -0.2) is 32.0 Å². The van der Waals surface area contributed by atoms with Gasteiger partial charge in [-0.1, -0.05) is 24.3 Å². The van der Waals surface area contributed by atoms with Gasteiger partial charge in [0.2, 0.25) is 0 Å². The highest BCUT2D eigenvalue weighted by Crippen LogP contribution is 2.27. The van der Waals surface area contributed by atoms with Crippen LogP contribution in [0.15, 0.2) is 62.9 Å². The number of hydrazone groups is 1. The van der Waals surface area contributed by atoms with Gasteiger partial charge in [-0.3, -0.25) is 0 Å². The summed E-state index contributed by atoms with van der Waals surface area (Å²) in [6, 6.07) is 14.1. The quantitative estimate of drug-likeness (QED) is 0.622. The van der Waals surface area contributed by atoms with Gasteiger partial charge in [-0.15, -0.1) is 4.40 Å². The standard InChI is InChI=1S/C17H13FN4O2S/c18-14-8-6-13(7-9-14)12-20-22(11-3-10-19)17-15-4-1-2-5-16(15)25(23,24)21-17/h1-2,4-9,12H,3,11H2/b20-12+. The number of rotatable bonds is 4. The van der Waals surface area contributed by atoms with E-state index >= 15 is 0 Å². The first-order chi connectivity index (χ1) is 12.0. The maximum absolute atomic E-state index is 13.0. The van der Waals surface area contributed by atoms with Crippen LogP contribution in [0.2, 0.25) is 0 Å². The van der Waals surface area contributed by atoms with Crippen LogP contribution in [0, 0.1) is 17.1 Å². The zero-order valence-corrected chi connectivity index (χ0v) is 13.8. The number of sulfonamides is 1. The number of benzene rings is 2. The van der Waals surface area contributed by atoms with Crippen molar-refractivity contribution in [2.45, 2.75) is 11.3 Å². The molecule has 8 heteroatoms. The Hall–Kier alpha value is -3.05. The van der Waals surface area contributed by atoms with Crippen molar-refractivity contribution in [3.8, 4) is 6.07 Å². The lowest BCUT2D eigenvalue weighted by molar-refractivity contribution is 0.459. The predicted octanol–water partition coefficient (Wildman–Crippen LogP) is 2.52. The Morgan fingerprint density at radius 2 is 1.92 bits per heavy atom. The zero-order chi connectivity index (χ0) is 17.9. The Bertz CT molecular complexity index is 992. The molecule has 0 aromatic heterocycles. The Morgan fingerprint density at radius 1 is 1.20 bits per heavy atom. The third kappa shape index (κ3) is 3.56. The molecule has 0 saturated heterocycles. The van der Waals surface area contributed by atoms with Gasteiger partial charge in [0, 0.05) is 5.56 Å². The van der Waals surface area contributed by atoms with E-state index in [1.807, 2.05) is 6.07 Å². The molecule has 25 heavy (non-hydrogen) atoms. The summed E-state index contributed by atoms with van der Waals surface area (Å²) in [5.41, 5.74) is 1.08. The molecule has 0 N–H and O–H groups in total. The van der Waals surface area contributed by atoms with Crippen molar-refractivity contribution in [2.75, 3.05) is 6.54 Å². The van der Waals surface area contributed by atoms with Crippen molar-refractivity contribution in [3.05, 3.63) is 65.5 Å². The average Bonchev–Trinajstić information content (AvgIpc) is 2.88. The SMILES string of the molecule is N#CCCN(/N=C/c1ccc(F)cc1)C1=NS(=O)(=O)c2ccccc21. The first-order valence-electron chi connectivity index (χ1n) is 7.40. The minimum absolute atomic E-state index is 0.115. The molecule has 0 unspecified atom stereocenters. The molecule has 1 aliphatic heterocycles. The molecule has 0 atom stereocenters. The number of fused-ring (bicyclic) bond motifs is 1. The molecular formula is C17H13FN4O2S. The molecular weight excluding hydrogens is 343 g/mol. The van der Waals surface area contributed by atoms with E-state index in [0.29, 0.717) is 11.1 Å². The fourth-order valence-corrected chi connectivity index (χ4v) is 3.54. The van der Waals surface area contributed by atoms with Gasteiger partial charge >= 0.3 is 0 Å². The Kier molecular flexibility index (Phi) is 4.59. The van der Waals surface area contributed by atoms with E-state index in [2.05, 4.69) is 9.50 Å². The second-order valence-corrected chi connectivity index (χ2v) is 6.79. The Balaban J connectivity index is 1.97. The van der Waals surface area contributed by atoms with Crippen LogP contribution in [-0.2, 0) is 10.0 Å². The smallest absolute Gasteiger partial charge is 0.246 e. The van der Waals surface area contributed by atoms with E-state index in [-0.39, 0.29) is 29.5 Å². The van der Waals surface area contributed by atoms with Crippen molar-refractivity contribution >= 4 is 22.1 Å². The lowest BCUT2D eigenvalue weighted by atomic mass is 10.2. The average molecular weight is 356 g/mol. The molecule has 3 rings (SSSR count). The Morgan fingerprint density at radius 3 is 2.64 bits per heavy atom. The molecule has 0 fully saturated rings. The molecule has 2 aromatic rings. The molecule has 0 aliphatic carbocycles. The first-order valence-corrected chi connectivity index (χ1v) is 8.84. The number of hydrogen-bond donors (Lipinski definition) is 0. The van der Waals surface area contributed by atoms with E-state index in [1.54, 1.807) is 30.3 Å². The van der Waals surface area contributed by atoms with Crippen LogP contribution >= 0.6 is 0 Å². The molecule has 0 bridgehead atoms. The fraction of sp³-hybridized carbons (Fsp3) is 0.118. The molecule has 0 radical (unpaired) electrons. The second-order valence-electron chi connectivity index (χ2n) is 5.21. The van der Waals surface area contributed by atoms with Gasteiger partial charge in [-0.2, -0.15) is 18.8 Å². The highest BCUT2D eigenvalue weighted by Gasteiger charge is 2.31. The van der Waals surface area contributed by atoms with Crippen molar-refractivity contribution in [3.63, 3.8) is 0 Å². The fourth-order valence-electron chi connectivity index (χ4n) is 2.33. The molecule has 2 aromatic carbocycles. The second kappa shape index (κ2) is 6.83. The van der Waals surface area contributed by atoms with Crippen LogP contribution < -0.4 is 0 Å². The molecule has 126 valence electrons. The summed E-state index contributed by atoms with van der Waals surface area (Å²) in [6.07, 6.45) is 1.61. The highest BCUT2D eigenvalue weighted by atomic mass is 32.2. The molecule has 0 saturated carbocycles. The third-order valence-corrected chi connectivity index (χ3v) is 4.83. The van der Waals surface area contributed by atoms with Crippen LogP contribution in [0.25, 0.3) is 0 Å². The monoisotopic (exact) mass is 356 g/mol. The first kappa shape index (κ1) is 16.8. The van der Waals surface area contributed by atoms with Gasteiger partial charge in [-0.05, 0) is 29.8 Å². The molecule has 1 heterocycles. The van der Waals surface area contributed by atoms with Gasteiger partial charge in [-0.25, -0.2) is 9.40 Å². The summed E-state index contributed by atoms with van der Waals surface area (Å²) >= 11 is 0. The summed E-state index contributed by atoms with van der Waals surface area (Å²) in [7, 11) is -3.77. The normalized spacial score (nSPS) is 14.8. The summed E-state index contributed by atoms with van der Waals surface area (Å²) in [6.45, 7) is 0.177. The van der Waals surface area contributed by atoms with E-state index in [9.17, 15) is 12.8 Å². The topological polar surface area (TPSA) is 85.9 Å². The van der Waals surface area contributed by atoms with E-state index < -0.39 is 10.0 Å². The summed E-state index contributed by atoms with van der Waals surface area (Å²) in [4.78, 5) is 0.115. The van der Waals surface area contributed by atoms with Crippen molar-refractivity contribution in [1.82, 2.24) is 5.01 Å². The molecule has 0 amide bonds. The van der Waals surface area contributed by atoms with Gasteiger partial charge in [0.1, 0.15) is 10.7 Å². The van der Waals surface area contributed by atoms with E-state index in [4.69, 9.17) is 5.26 Å². The predicted molar refractivity (Wildman–Crippen MR) is 91.1 cm³/mol. The minimum Gasteiger partial charge on any atom is -0.246 e. The maximum Gasteiger partial charge on any atom is 0.285 e. The van der Waals surface area contributed by atoms with Crippen LogP contribution in [0.3, 0.4) is 0 Å². The minimum atomic E-state index is -3.77. The molecule has 6 nitrogen and oxygen atoms in total. The van der Waals surface area contributed by atoms with Crippen LogP contribution in [0.5, 0.6) is 0 Å². The number of nitriles is 1. The van der Waals surface area contributed by atoms with Gasteiger partial charge in [0.25, 0.3) is 10.0 Å². The van der Waals surface area contributed by atoms with Gasteiger partial charge in [0.05, 0.1) is 25.2 Å². The molecule has 0 spiro atoms. The van der Waals surface area contributed by atoms with E-state index in [0.717, 1.165) is 0 Å². The Labute approximate surface area is 144 Å². The van der Waals surface area contributed by atoms with E-state index in [1.165, 1.54) is 29.4 Å². The summed E-state index contributed by atoms with van der Waals surface area (Å²) < 4.78 is 41.1.